The van der Waals surface area contributed by atoms with Gasteiger partial charge in [-0.25, -0.2) is 9.97 Å². The van der Waals surface area contributed by atoms with Crippen LogP contribution in [0.15, 0.2) is 24.5 Å². The number of aromatic amines is 1. The van der Waals surface area contributed by atoms with Crippen molar-refractivity contribution in [2.75, 3.05) is 0 Å². The lowest BCUT2D eigenvalue weighted by Gasteiger charge is -2.02. The summed E-state index contributed by atoms with van der Waals surface area (Å²) in [6.45, 7) is 0. The Morgan fingerprint density at radius 3 is 2.73 bits per heavy atom. The van der Waals surface area contributed by atoms with Crippen molar-refractivity contribution < 1.29 is 0 Å². The van der Waals surface area contributed by atoms with E-state index in [1.165, 1.54) is 6.20 Å². The highest BCUT2D eigenvalue weighted by atomic mass is 35.5. The summed E-state index contributed by atoms with van der Waals surface area (Å²) in [5.74, 6) is 0.532. The summed E-state index contributed by atoms with van der Waals surface area (Å²) < 4.78 is 0.577. The van der Waals surface area contributed by atoms with Crippen molar-refractivity contribution in [3.63, 3.8) is 0 Å². The van der Waals surface area contributed by atoms with E-state index in [2.05, 4.69) is 15.0 Å². The van der Waals surface area contributed by atoms with Gasteiger partial charge < -0.3 is 4.98 Å². The van der Waals surface area contributed by atoms with Gasteiger partial charge in [-0.15, -0.1) is 0 Å². The van der Waals surface area contributed by atoms with Crippen molar-refractivity contribution in [3.8, 4) is 11.5 Å². The molecular weight excluding hydrogens is 253 g/mol. The first-order valence-electron chi connectivity index (χ1n) is 4.03. The lowest BCUT2D eigenvalue weighted by molar-refractivity contribution is 1.13. The fraction of sp³-hybridized carbons (Fsp3) is 0. The third-order valence-corrected chi connectivity index (χ3v) is 2.44. The largest absolute Gasteiger partial charge is 0.329 e. The number of H-pyrrole nitrogens is 1. The molecule has 2 aromatic heterocycles. The van der Waals surface area contributed by atoms with Gasteiger partial charge in [-0.2, -0.15) is 0 Å². The topological polar surface area (TPSA) is 41.6 Å². The van der Waals surface area contributed by atoms with Crippen LogP contribution < -0.4 is 0 Å². The Bertz CT molecular complexity index is 553. The normalized spacial score (nSPS) is 10.3. The lowest BCUT2D eigenvalue weighted by atomic mass is 10.3. The molecule has 0 aromatic carbocycles. The van der Waals surface area contributed by atoms with E-state index >= 15 is 0 Å². The fourth-order valence-corrected chi connectivity index (χ4v) is 1.71. The summed E-state index contributed by atoms with van der Waals surface area (Å²) in [5.41, 5.74) is 0.535. The van der Waals surface area contributed by atoms with E-state index in [-0.39, 0.29) is 0 Å². The molecular formula is C9H5Cl2N3S. The maximum Gasteiger partial charge on any atom is 0.158 e. The van der Waals surface area contributed by atoms with Crippen LogP contribution in [0.25, 0.3) is 11.5 Å². The number of aromatic nitrogens is 3. The minimum absolute atomic E-state index is 0.437. The predicted molar refractivity (Wildman–Crippen MR) is 62.7 cm³/mol. The summed E-state index contributed by atoms with van der Waals surface area (Å²) in [6, 6.07) is 3.29. The number of halogens is 2. The maximum absolute atomic E-state index is 5.98. The highest BCUT2D eigenvalue weighted by Gasteiger charge is 2.07. The van der Waals surface area contributed by atoms with Crippen LogP contribution in [-0.4, -0.2) is 15.0 Å². The third-order valence-electron chi connectivity index (χ3n) is 1.70. The molecule has 0 amide bonds. The summed E-state index contributed by atoms with van der Waals surface area (Å²) in [7, 11) is 0. The molecule has 2 aromatic rings. The van der Waals surface area contributed by atoms with Crippen molar-refractivity contribution in [1.29, 1.82) is 0 Å². The molecule has 0 saturated carbocycles. The molecule has 6 heteroatoms. The molecule has 0 saturated heterocycles. The second kappa shape index (κ2) is 4.26. The Morgan fingerprint density at radius 2 is 2.07 bits per heavy atom. The zero-order valence-corrected chi connectivity index (χ0v) is 9.70. The Morgan fingerprint density at radius 1 is 1.27 bits per heavy atom. The molecule has 76 valence electrons. The first kappa shape index (κ1) is 10.5. The second-order valence-electron chi connectivity index (χ2n) is 2.77. The van der Waals surface area contributed by atoms with Crippen molar-refractivity contribution in [3.05, 3.63) is 39.2 Å². The van der Waals surface area contributed by atoms with E-state index in [1.54, 1.807) is 18.3 Å². The van der Waals surface area contributed by atoms with Crippen LogP contribution in [0, 0.1) is 4.64 Å². The molecule has 0 aliphatic carbocycles. The van der Waals surface area contributed by atoms with Gasteiger partial charge in [0.25, 0.3) is 0 Å². The number of pyridine rings is 1. The molecule has 0 radical (unpaired) electrons. The molecule has 3 nitrogen and oxygen atoms in total. The minimum atomic E-state index is 0.437. The highest BCUT2D eigenvalue weighted by molar-refractivity contribution is 7.71. The van der Waals surface area contributed by atoms with E-state index < -0.39 is 0 Å². The van der Waals surface area contributed by atoms with Gasteiger partial charge in [-0.1, -0.05) is 35.4 Å². The third kappa shape index (κ3) is 2.34. The number of nitrogens with one attached hydrogen (secondary N) is 1. The second-order valence-corrected chi connectivity index (χ2v) is 4.05. The summed E-state index contributed by atoms with van der Waals surface area (Å²) in [6.07, 6.45) is 3.11. The number of rotatable bonds is 1. The van der Waals surface area contributed by atoms with Crippen LogP contribution in [-0.2, 0) is 0 Å². The van der Waals surface area contributed by atoms with Crippen LogP contribution in [0.3, 0.4) is 0 Å². The molecule has 0 aliphatic heterocycles. The minimum Gasteiger partial charge on any atom is -0.329 e. The Balaban J connectivity index is 2.59. The molecule has 0 atom stereocenters. The van der Waals surface area contributed by atoms with Gasteiger partial charge in [0.1, 0.15) is 10.3 Å². The van der Waals surface area contributed by atoms with E-state index in [1.807, 2.05) is 0 Å². The van der Waals surface area contributed by atoms with E-state index in [0.717, 1.165) is 0 Å². The first-order chi connectivity index (χ1) is 7.16. The van der Waals surface area contributed by atoms with Crippen LogP contribution in [0.1, 0.15) is 0 Å². The molecule has 0 bridgehead atoms. The molecule has 0 fully saturated rings. The molecule has 2 heterocycles. The van der Waals surface area contributed by atoms with Crippen LogP contribution in [0.5, 0.6) is 0 Å². The first-order valence-corrected chi connectivity index (χ1v) is 5.20. The SMILES string of the molecule is S=c1ccnc(-c2ncc(Cl)cc2Cl)[nH]1. The van der Waals surface area contributed by atoms with Crippen molar-refractivity contribution in [1.82, 2.24) is 15.0 Å². The Kier molecular flexibility index (Phi) is 3.00. The predicted octanol–water partition coefficient (Wildman–Crippen LogP) is 3.51. The zero-order chi connectivity index (χ0) is 10.8. The van der Waals surface area contributed by atoms with Gasteiger partial charge in [0, 0.05) is 12.4 Å². The number of hydrogen-bond acceptors (Lipinski definition) is 3. The van der Waals surface area contributed by atoms with E-state index in [0.29, 0.717) is 26.2 Å². The monoisotopic (exact) mass is 257 g/mol. The van der Waals surface area contributed by atoms with E-state index in [4.69, 9.17) is 35.4 Å². The molecule has 2 rings (SSSR count). The molecule has 0 aliphatic rings. The van der Waals surface area contributed by atoms with Gasteiger partial charge in [0.05, 0.1) is 10.0 Å². The zero-order valence-electron chi connectivity index (χ0n) is 7.37. The van der Waals surface area contributed by atoms with Crippen molar-refractivity contribution >= 4 is 35.4 Å². The van der Waals surface area contributed by atoms with E-state index in [9.17, 15) is 0 Å². The van der Waals surface area contributed by atoms with Gasteiger partial charge >= 0.3 is 0 Å². The Hall–Kier alpha value is -0.970. The number of hydrogen-bond donors (Lipinski definition) is 1. The molecule has 1 N–H and O–H groups in total. The quantitative estimate of drug-likeness (QED) is 0.796. The molecule has 0 unspecified atom stereocenters. The van der Waals surface area contributed by atoms with Crippen LogP contribution in [0.2, 0.25) is 10.0 Å². The maximum atomic E-state index is 5.98. The highest BCUT2D eigenvalue weighted by Crippen LogP contribution is 2.24. The van der Waals surface area contributed by atoms with Crippen molar-refractivity contribution in [2.24, 2.45) is 0 Å². The molecule has 0 spiro atoms. The standard InChI is InChI=1S/C9H5Cl2N3S/c10-5-3-6(11)8(13-4-5)9-12-2-1-7(15)14-9/h1-4H,(H,12,14,15). The van der Waals surface area contributed by atoms with Crippen LogP contribution in [0.4, 0.5) is 0 Å². The van der Waals surface area contributed by atoms with Crippen molar-refractivity contribution in [2.45, 2.75) is 0 Å². The average Bonchev–Trinajstić information content (AvgIpc) is 2.17. The van der Waals surface area contributed by atoms with Crippen LogP contribution >= 0.6 is 35.4 Å². The summed E-state index contributed by atoms with van der Waals surface area (Å²) in [5, 5.41) is 0.921. The summed E-state index contributed by atoms with van der Waals surface area (Å²) >= 11 is 16.7. The molecule has 15 heavy (non-hydrogen) atoms. The smallest absolute Gasteiger partial charge is 0.158 e. The summed E-state index contributed by atoms with van der Waals surface area (Å²) in [4.78, 5) is 11.1. The number of nitrogens with zero attached hydrogens (tertiary/aromatic N) is 2. The van der Waals surface area contributed by atoms with Gasteiger partial charge in [0.2, 0.25) is 0 Å². The average molecular weight is 258 g/mol. The van der Waals surface area contributed by atoms with Gasteiger partial charge in [-0.05, 0) is 12.1 Å². The van der Waals surface area contributed by atoms with Gasteiger partial charge in [0.15, 0.2) is 5.82 Å². The fourth-order valence-electron chi connectivity index (χ4n) is 1.08. The van der Waals surface area contributed by atoms with Gasteiger partial charge in [-0.3, -0.25) is 0 Å². The Labute approximate surface area is 101 Å². The lowest BCUT2D eigenvalue weighted by Crippen LogP contribution is -1.92.